The number of nitrogens with zero attached hydrogens (tertiary/aromatic N) is 2. The molecule has 1 N–H and O–H groups in total. The first-order chi connectivity index (χ1) is 13.2. The van der Waals surface area contributed by atoms with E-state index in [0.717, 1.165) is 12.1 Å². The maximum Gasteiger partial charge on any atom is 0.416 e. The molecule has 11 heteroatoms. The lowest BCUT2D eigenvalue weighted by molar-refractivity contribution is -0.144. The number of benzene rings is 1. The minimum atomic E-state index is -4.47. The second-order valence-corrected chi connectivity index (χ2v) is 5.87. The predicted molar refractivity (Wildman–Crippen MR) is 96.0 cm³/mol. The van der Waals surface area contributed by atoms with Crippen molar-refractivity contribution in [1.29, 1.82) is 0 Å². The summed E-state index contributed by atoms with van der Waals surface area (Å²) in [5.41, 5.74) is -0.828. The van der Waals surface area contributed by atoms with Crippen molar-refractivity contribution in [2.24, 2.45) is 0 Å². The fourth-order valence-electron chi connectivity index (χ4n) is 2.11. The van der Waals surface area contributed by atoms with Gasteiger partial charge in [0.25, 0.3) is 5.91 Å². The topological polar surface area (TPSA) is 82.5 Å². The van der Waals surface area contributed by atoms with Crippen LogP contribution in [-0.2, 0) is 22.4 Å². The Bertz CT molecular complexity index is 826. The van der Waals surface area contributed by atoms with Crippen molar-refractivity contribution < 1.29 is 32.2 Å². The molecule has 1 amide bonds. The van der Waals surface area contributed by atoms with Crippen LogP contribution in [0.25, 0.3) is 0 Å². The average molecular weight is 417 g/mol. The van der Waals surface area contributed by atoms with Crippen LogP contribution in [0.2, 0.25) is 0 Å². The molecule has 0 spiro atoms. The quantitative estimate of drug-likeness (QED) is 0.510. The maximum absolute atomic E-state index is 12.7. The molecule has 2 aromatic rings. The molecule has 1 aromatic carbocycles. The van der Waals surface area contributed by atoms with Crippen LogP contribution >= 0.6 is 12.6 Å². The summed E-state index contributed by atoms with van der Waals surface area (Å²) in [5, 5.41) is 6.42. The van der Waals surface area contributed by atoms with Gasteiger partial charge in [0, 0.05) is 11.9 Å². The van der Waals surface area contributed by atoms with E-state index in [4.69, 9.17) is 9.47 Å². The Morgan fingerprint density at radius 1 is 1.32 bits per heavy atom. The molecule has 0 aliphatic carbocycles. The minimum absolute atomic E-state index is 0.00345. The van der Waals surface area contributed by atoms with Gasteiger partial charge in [-0.1, -0.05) is 6.07 Å². The van der Waals surface area contributed by atoms with E-state index in [1.807, 2.05) is 0 Å². The molecule has 1 aromatic heterocycles. The number of aromatic nitrogens is 2. The van der Waals surface area contributed by atoms with Crippen molar-refractivity contribution in [2.75, 3.05) is 12.4 Å². The number of amides is 1. The fourth-order valence-corrected chi connectivity index (χ4v) is 2.35. The SMILES string of the molecule is CCOC(=O)[C@H](CS)NC(=O)c1ccn(COc2cccc(C(F)(F)F)c2)n1. The molecular weight excluding hydrogens is 399 g/mol. The van der Waals surface area contributed by atoms with Crippen LogP contribution in [-0.4, -0.2) is 40.1 Å². The Kier molecular flexibility index (Phi) is 7.32. The lowest BCUT2D eigenvalue weighted by atomic mass is 10.2. The zero-order chi connectivity index (χ0) is 20.7. The largest absolute Gasteiger partial charge is 0.471 e. The molecule has 0 fully saturated rings. The van der Waals surface area contributed by atoms with Gasteiger partial charge in [-0.15, -0.1) is 0 Å². The predicted octanol–water partition coefficient (Wildman–Crippen LogP) is 2.53. The van der Waals surface area contributed by atoms with Gasteiger partial charge in [-0.25, -0.2) is 9.48 Å². The van der Waals surface area contributed by atoms with Crippen LogP contribution in [0.3, 0.4) is 0 Å². The number of hydrogen-bond donors (Lipinski definition) is 2. The smallest absolute Gasteiger partial charge is 0.416 e. The monoisotopic (exact) mass is 417 g/mol. The first-order valence-electron chi connectivity index (χ1n) is 8.16. The van der Waals surface area contributed by atoms with E-state index in [0.29, 0.717) is 0 Å². The van der Waals surface area contributed by atoms with Crippen LogP contribution in [0, 0.1) is 0 Å². The van der Waals surface area contributed by atoms with Crippen LogP contribution in [0.5, 0.6) is 5.75 Å². The van der Waals surface area contributed by atoms with Crippen molar-refractivity contribution in [1.82, 2.24) is 15.1 Å². The standard InChI is InChI=1S/C17H18F3N3O4S/c1-2-26-16(25)14(9-28)21-15(24)13-6-7-23(22-13)10-27-12-5-3-4-11(8-12)17(18,19)20/h3-8,14,28H,2,9-10H2,1H3,(H,21,24)/t14-/m0/s1. The van der Waals surface area contributed by atoms with Crippen molar-refractivity contribution >= 4 is 24.5 Å². The molecule has 0 aliphatic rings. The molecular formula is C17H18F3N3O4S. The number of carbonyl (C=O) groups is 2. The summed E-state index contributed by atoms with van der Waals surface area (Å²) in [6.07, 6.45) is -3.05. The highest BCUT2D eigenvalue weighted by Gasteiger charge is 2.30. The molecule has 0 saturated heterocycles. The molecule has 0 aliphatic heterocycles. The van der Waals surface area contributed by atoms with Crippen LogP contribution in [0.15, 0.2) is 36.5 Å². The lowest BCUT2D eigenvalue weighted by Crippen LogP contribution is -2.43. The van der Waals surface area contributed by atoms with Gasteiger partial charge in [0.05, 0.1) is 12.2 Å². The zero-order valence-corrected chi connectivity index (χ0v) is 15.7. The van der Waals surface area contributed by atoms with Crippen molar-refractivity contribution in [2.45, 2.75) is 25.9 Å². The summed E-state index contributed by atoms with van der Waals surface area (Å²) in [7, 11) is 0. The van der Waals surface area contributed by atoms with E-state index in [9.17, 15) is 22.8 Å². The van der Waals surface area contributed by atoms with E-state index in [1.165, 1.54) is 29.1 Å². The second-order valence-electron chi connectivity index (χ2n) is 5.50. The number of halogens is 3. The molecule has 0 bridgehead atoms. The molecule has 1 heterocycles. The molecule has 0 unspecified atom stereocenters. The third-order valence-electron chi connectivity index (χ3n) is 3.46. The van der Waals surface area contributed by atoms with E-state index in [1.54, 1.807) is 6.92 Å². The van der Waals surface area contributed by atoms with Crippen molar-refractivity contribution in [3.05, 3.63) is 47.8 Å². The zero-order valence-electron chi connectivity index (χ0n) is 14.8. The highest BCUT2D eigenvalue weighted by Crippen LogP contribution is 2.31. The third kappa shape index (κ3) is 5.91. The minimum Gasteiger partial charge on any atom is -0.471 e. The normalized spacial score (nSPS) is 12.3. The number of rotatable bonds is 8. The lowest BCUT2D eigenvalue weighted by Gasteiger charge is -2.14. The number of alkyl halides is 3. The number of thiol groups is 1. The van der Waals surface area contributed by atoms with E-state index in [-0.39, 0.29) is 30.5 Å². The van der Waals surface area contributed by atoms with Gasteiger partial charge in [0.1, 0.15) is 17.5 Å². The van der Waals surface area contributed by atoms with E-state index < -0.39 is 29.7 Å². The van der Waals surface area contributed by atoms with Gasteiger partial charge in [-0.05, 0) is 31.2 Å². The Balaban J connectivity index is 1.97. The molecule has 28 heavy (non-hydrogen) atoms. The Labute approximate surface area is 164 Å². The molecule has 152 valence electrons. The number of nitrogens with one attached hydrogen (secondary N) is 1. The molecule has 1 atom stereocenters. The van der Waals surface area contributed by atoms with Gasteiger partial charge in [0.2, 0.25) is 0 Å². The van der Waals surface area contributed by atoms with Crippen molar-refractivity contribution in [3.63, 3.8) is 0 Å². The fraction of sp³-hybridized carbons (Fsp3) is 0.353. The molecule has 2 rings (SSSR count). The highest BCUT2D eigenvalue weighted by molar-refractivity contribution is 7.80. The Morgan fingerprint density at radius 3 is 2.71 bits per heavy atom. The number of ether oxygens (including phenoxy) is 2. The van der Waals surface area contributed by atoms with E-state index in [2.05, 4.69) is 23.0 Å². The van der Waals surface area contributed by atoms with Crippen molar-refractivity contribution in [3.8, 4) is 5.75 Å². The van der Waals surface area contributed by atoms with Gasteiger partial charge < -0.3 is 14.8 Å². The number of hydrogen-bond acceptors (Lipinski definition) is 6. The maximum atomic E-state index is 12.7. The summed E-state index contributed by atoms with van der Waals surface area (Å²) in [6, 6.07) is 4.86. The Hall–Kier alpha value is -2.69. The van der Waals surface area contributed by atoms with Gasteiger partial charge in [-0.2, -0.15) is 30.9 Å². The summed E-state index contributed by atoms with van der Waals surface area (Å²) in [4.78, 5) is 23.9. The van der Waals surface area contributed by atoms with Crippen LogP contribution < -0.4 is 10.1 Å². The van der Waals surface area contributed by atoms with Crippen LogP contribution in [0.4, 0.5) is 13.2 Å². The average Bonchev–Trinajstić information content (AvgIpc) is 3.13. The first kappa shape index (κ1) is 21.6. The van der Waals surface area contributed by atoms with Gasteiger partial charge in [-0.3, -0.25) is 4.79 Å². The summed E-state index contributed by atoms with van der Waals surface area (Å²) < 4.78 is 49.5. The molecule has 0 radical (unpaired) electrons. The first-order valence-corrected chi connectivity index (χ1v) is 8.79. The summed E-state index contributed by atoms with van der Waals surface area (Å²) in [6.45, 7) is 1.60. The van der Waals surface area contributed by atoms with E-state index >= 15 is 0 Å². The summed E-state index contributed by atoms with van der Waals surface area (Å²) in [5.74, 6) is -1.18. The Morgan fingerprint density at radius 2 is 2.07 bits per heavy atom. The van der Waals surface area contributed by atoms with Gasteiger partial charge in [0.15, 0.2) is 6.73 Å². The number of esters is 1. The summed E-state index contributed by atoms with van der Waals surface area (Å²) >= 11 is 4.00. The number of carbonyl (C=O) groups excluding carboxylic acids is 2. The third-order valence-corrected chi connectivity index (χ3v) is 3.82. The highest BCUT2D eigenvalue weighted by atomic mass is 32.1. The second kappa shape index (κ2) is 9.49. The van der Waals surface area contributed by atoms with Gasteiger partial charge >= 0.3 is 12.1 Å². The molecule has 0 saturated carbocycles. The van der Waals surface area contributed by atoms with Crippen LogP contribution in [0.1, 0.15) is 23.0 Å². The molecule has 7 nitrogen and oxygen atoms in total.